The van der Waals surface area contributed by atoms with Crippen LogP contribution in [0.4, 0.5) is 0 Å². The van der Waals surface area contributed by atoms with E-state index in [1.165, 1.54) is 0 Å². The summed E-state index contributed by atoms with van der Waals surface area (Å²) >= 11 is 0. The van der Waals surface area contributed by atoms with Gasteiger partial charge in [0.25, 0.3) is 0 Å². The molecular weight excluding hydrogens is 272 g/mol. The van der Waals surface area contributed by atoms with Gasteiger partial charge in [-0.15, -0.1) is 0 Å². The zero-order valence-corrected chi connectivity index (χ0v) is 14.4. The normalized spacial score (nSPS) is 14.1. The molecule has 0 heterocycles. The van der Waals surface area contributed by atoms with Gasteiger partial charge in [0.1, 0.15) is 5.75 Å². The van der Waals surface area contributed by atoms with E-state index in [0.717, 1.165) is 33.8 Å². The summed E-state index contributed by atoms with van der Waals surface area (Å²) < 4.78 is 0. The molecule has 1 aromatic rings. The lowest BCUT2D eigenvalue weighted by molar-refractivity contribution is -0.110. The fraction of sp³-hybridized carbons (Fsp3) is 0.350. The predicted octanol–water partition coefficient (Wildman–Crippen LogP) is 5.22. The molecule has 0 fully saturated rings. The molecule has 0 unspecified atom stereocenters. The highest BCUT2D eigenvalue weighted by Gasteiger charge is 2.12. The minimum absolute atomic E-state index is 0.0459. The first kappa shape index (κ1) is 18.0. The molecule has 0 amide bonds. The topological polar surface area (TPSA) is 37.3 Å². The second kappa shape index (κ2) is 7.79. The number of hydrogen-bond acceptors (Lipinski definition) is 2. The third kappa shape index (κ3) is 5.36. The van der Waals surface area contributed by atoms with Gasteiger partial charge in [-0.1, -0.05) is 26.8 Å². The lowest BCUT2D eigenvalue weighted by Crippen LogP contribution is -2.02. The molecule has 0 aromatic heterocycles. The molecule has 0 spiro atoms. The second-order valence-electron chi connectivity index (χ2n) is 6.39. The van der Waals surface area contributed by atoms with Crippen LogP contribution in [0, 0.1) is 12.8 Å². The summed E-state index contributed by atoms with van der Waals surface area (Å²) in [6.07, 6.45) is 5.35. The van der Waals surface area contributed by atoms with Gasteiger partial charge in [0, 0.05) is 0 Å². The summed E-state index contributed by atoms with van der Waals surface area (Å²) in [4.78, 5) is 11.4. The highest BCUT2D eigenvalue weighted by molar-refractivity contribution is 6.03. The molecule has 2 rings (SSSR count). The maximum Gasteiger partial charge on any atom is 0.179 e. The summed E-state index contributed by atoms with van der Waals surface area (Å²) in [6.45, 7) is 12.3. The third-order valence-electron chi connectivity index (χ3n) is 3.12. The number of benzene rings is 1. The number of hydrogen-bond donors (Lipinski definition) is 1. The smallest absolute Gasteiger partial charge is 0.179 e. The van der Waals surface area contributed by atoms with Gasteiger partial charge in [-0.25, -0.2) is 0 Å². The van der Waals surface area contributed by atoms with E-state index in [0.29, 0.717) is 0 Å². The molecule has 0 aliphatic heterocycles. The molecule has 1 aliphatic rings. The number of aryl methyl sites for hydroxylation is 1. The van der Waals surface area contributed by atoms with Crippen LogP contribution in [0.25, 0.3) is 6.08 Å². The zero-order chi connectivity index (χ0) is 16.9. The average Bonchev–Trinajstić information content (AvgIpc) is 2.35. The SMILES string of the molecule is CC(C)C.CC1=CC(=O)C=C(C)C1=Cc1ccc(O)cc1C. The number of allylic oxidation sites excluding steroid dienone is 5. The summed E-state index contributed by atoms with van der Waals surface area (Å²) in [5, 5.41) is 9.39. The van der Waals surface area contributed by atoms with Crippen molar-refractivity contribution in [2.45, 2.75) is 41.5 Å². The average molecular weight is 298 g/mol. The Bertz CT molecular complexity index is 617. The second-order valence-corrected chi connectivity index (χ2v) is 6.39. The van der Waals surface area contributed by atoms with E-state index in [1.807, 2.05) is 26.8 Å². The Kier molecular flexibility index (Phi) is 6.36. The third-order valence-corrected chi connectivity index (χ3v) is 3.12. The molecule has 2 heteroatoms. The van der Waals surface area contributed by atoms with Gasteiger partial charge in [0.15, 0.2) is 5.78 Å². The highest BCUT2D eigenvalue weighted by atomic mass is 16.3. The van der Waals surface area contributed by atoms with Crippen LogP contribution in [-0.2, 0) is 4.79 Å². The van der Waals surface area contributed by atoms with Crippen LogP contribution in [0.15, 0.2) is 47.1 Å². The number of ketones is 1. The number of carbonyl (C=O) groups excluding carboxylic acids is 1. The Morgan fingerprint density at radius 2 is 1.50 bits per heavy atom. The lowest BCUT2D eigenvalue weighted by Gasteiger charge is -2.13. The summed E-state index contributed by atoms with van der Waals surface area (Å²) in [5.74, 6) is 1.15. The summed E-state index contributed by atoms with van der Waals surface area (Å²) in [5.41, 5.74) is 5.10. The van der Waals surface area contributed by atoms with Crippen molar-refractivity contribution in [1.29, 1.82) is 0 Å². The van der Waals surface area contributed by atoms with Gasteiger partial charge in [-0.2, -0.15) is 0 Å². The number of phenolic OH excluding ortho intramolecular Hbond substituents is 1. The largest absolute Gasteiger partial charge is 0.508 e. The Labute approximate surface area is 133 Å². The number of carbonyl (C=O) groups is 1. The molecule has 0 atom stereocenters. The van der Waals surface area contributed by atoms with Crippen molar-refractivity contribution >= 4 is 11.9 Å². The number of phenols is 1. The first-order valence-corrected chi connectivity index (χ1v) is 7.63. The Hall–Kier alpha value is -2.09. The lowest BCUT2D eigenvalue weighted by atomic mass is 9.91. The zero-order valence-electron chi connectivity index (χ0n) is 14.4. The van der Waals surface area contributed by atoms with Crippen molar-refractivity contribution in [2.75, 3.05) is 0 Å². The molecule has 118 valence electrons. The first-order chi connectivity index (χ1) is 10.2. The molecular formula is C20H26O2. The van der Waals surface area contributed by atoms with Crippen molar-refractivity contribution in [3.8, 4) is 5.75 Å². The van der Waals surface area contributed by atoms with Gasteiger partial charge < -0.3 is 5.11 Å². The fourth-order valence-corrected chi connectivity index (χ4v) is 2.14. The molecule has 1 N–H and O–H groups in total. The van der Waals surface area contributed by atoms with Crippen molar-refractivity contribution < 1.29 is 9.90 Å². The van der Waals surface area contributed by atoms with E-state index in [4.69, 9.17) is 0 Å². The van der Waals surface area contributed by atoms with Crippen LogP contribution in [0.3, 0.4) is 0 Å². The standard InChI is InChI=1S/C16H16O2.C4H10/c1-10-6-14(17)5-4-13(10)9-16-11(2)7-15(18)8-12(16)3;1-4(2)3/h4-9,17H,1-3H3;4H,1-3H3. The van der Waals surface area contributed by atoms with Crippen LogP contribution in [0.5, 0.6) is 5.75 Å². The minimum atomic E-state index is 0.0459. The van der Waals surface area contributed by atoms with Crippen molar-refractivity contribution in [2.24, 2.45) is 5.92 Å². The highest BCUT2D eigenvalue weighted by Crippen LogP contribution is 2.27. The molecule has 1 aliphatic carbocycles. The maximum absolute atomic E-state index is 11.4. The molecule has 22 heavy (non-hydrogen) atoms. The predicted molar refractivity (Wildman–Crippen MR) is 93.9 cm³/mol. The number of rotatable bonds is 1. The van der Waals surface area contributed by atoms with E-state index in [2.05, 4.69) is 26.8 Å². The molecule has 1 aromatic carbocycles. The van der Waals surface area contributed by atoms with Crippen molar-refractivity contribution in [1.82, 2.24) is 0 Å². The Morgan fingerprint density at radius 3 is 1.95 bits per heavy atom. The first-order valence-electron chi connectivity index (χ1n) is 7.63. The Morgan fingerprint density at radius 1 is 1.00 bits per heavy atom. The van der Waals surface area contributed by atoms with Gasteiger partial charge in [-0.3, -0.25) is 4.79 Å². The molecule has 0 saturated heterocycles. The van der Waals surface area contributed by atoms with Gasteiger partial charge in [-0.05, 0) is 84.9 Å². The molecule has 0 bridgehead atoms. The van der Waals surface area contributed by atoms with Crippen LogP contribution < -0.4 is 0 Å². The Balaban J connectivity index is 0.000000541. The fourth-order valence-electron chi connectivity index (χ4n) is 2.14. The van der Waals surface area contributed by atoms with E-state index in [9.17, 15) is 9.90 Å². The van der Waals surface area contributed by atoms with Gasteiger partial charge >= 0.3 is 0 Å². The van der Waals surface area contributed by atoms with Crippen LogP contribution in [0.2, 0.25) is 0 Å². The van der Waals surface area contributed by atoms with Crippen molar-refractivity contribution in [3.05, 3.63) is 58.2 Å². The van der Waals surface area contributed by atoms with Gasteiger partial charge in [0.2, 0.25) is 0 Å². The van der Waals surface area contributed by atoms with Crippen LogP contribution >= 0.6 is 0 Å². The minimum Gasteiger partial charge on any atom is -0.508 e. The monoisotopic (exact) mass is 298 g/mol. The summed E-state index contributed by atoms with van der Waals surface area (Å²) in [7, 11) is 0. The van der Waals surface area contributed by atoms with Crippen LogP contribution in [-0.4, -0.2) is 10.9 Å². The van der Waals surface area contributed by atoms with E-state index in [-0.39, 0.29) is 11.5 Å². The molecule has 0 saturated carbocycles. The number of aromatic hydroxyl groups is 1. The van der Waals surface area contributed by atoms with Gasteiger partial charge in [0.05, 0.1) is 0 Å². The maximum atomic E-state index is 11.4. The molecule has 2 nitrogen and oxygen atoms in total. The summed E-state index contributed by atoms with van der Waals surface area (Å²) in [6, 6.07) is 5.29. The van der Waals surface area contributed by atoms with E-state index < -0.39 is 0 Å². The molecule has 0 radical (unpaired) electrons. The van der Waals surface area contributed by atoms with E-state index in [1.54, 1.807) is 24.3 Å². The quantitative estimate of drug-likeness (QED) is 0.771. The van der Waals surface area contributed by atoms with E-state index >= 15 is 0 Å². The van der Waals surface area contributed by atoms with Crippen LogP contribution in [0.1, 0.15) is 45.7 Å². The van der Waals surface area contributed by atoms with Crippen molar-refractivity contribution in [3.63, 3.8) is 0 Å².